The molecule has 0 aromatic heterocycles. The fourth-order valence-electron chi connectivity index (χ4n) is 0.851. The van der Waals surface area contributed by atoms with Gasteiger partial charge < -0.3 is 10.1 Å². The van der Waals surface area contributed by atoms with Crippen LogP contribution in [0.2, 0.25) is 0 Å². The minimum Gasteiger partial charge on any atom is -0.458 e. The fraction of sp³-hybridized carbons (Fsp3) is 0.600. The first kappa shape index (κ1) is 14.0. The molecule has 0 aromatic carbocycles. The fourth-order valence-corrected chi connectivity index (χ4v) is 0.918. The molecule has 0 aliphatic carbocycles. The van der Waals surface area contributed by atoms with E-state index >= 15 is 0 Å². The van der Waals surface area contributed by atoms with E-state index in [1.165, 1.54) is 0 Å². The van der Waals surface area contributed by atoms with E-state index < -0.39 is 11.9 Å². The number of rotatable bonds is 5. The Bertz CT molecular complexity index is 261. The van der Waals surface area contributed by atoms with Crippen molar-refractivity contribution in [2.75, 3.05) is 5.88 Å². The van der Waals surface area contributed by atoms with Crippen LogP contribution in [0.5, 0.6) is 0 Å². The summed E-state index contributed by atoms with van der Waals surface area (Å²) in [6, 6.07) is 0. The second-order valence-electron chi connectivity index (χ2n) is 3.16. The molecular weight excluding hydrogens is 218 g/mol. The largest absolute Gasteiger partial charge is 0.458 e. The van der Waals surface area contributed by atoms with Gasteiger partial charge in [-0.15, -0.1) is 11.6 Å². The number of alkyl halides is 1. The van der Waals surface area contributed by atoms with Gasteiger partial charge >= 0.3 is 5.97 Å². The van der Waals surface area contributed by atoms with Crippen molar-refractivity contribution >= 4 is 23.5 Å². The number of amides is 1. The van der Waals surface area contributed by atoms with Crippen molar-refractivity contribution in [1.29, 1.82) is 0 Å². The maximum absolute atomic E-state index is 11.4. The number of ether oxygens (including phenoxy) is 1. The zero-order valence-corrected chi connectivity index (χ0v) is 9.93. The summed E-state index contributed by atoms with van der Waals surface area (Å²) in [5, 5.41) is 2.39. The van der Waals surface area contributed by atoms with Crippen molar-refractivity contribution in [2.45, 2.75) is 33.3 Å². The zero-order chi connectivity index (χ0) is 11.8. The second kappa shape index (κ2) is 7.29. The number of hydrogen-bond acceptors (Lipinski definition) is 3. The first-order chi connectivity index (χ1) is 7.01. The van der Waals surface area contributed by atoms with E-state index in [0.29, 0.717) is 6.42 Å². The van der Waals surface area contributed by atoms with E-state index in [9.17, 15) is 9.59 Å². The van der Waals surface area contributed by atoms with Gasteiger partial charge in [-0.05, 0) is 20.3 Å². The molecule has 86 valence electrons. The molecule has 0 heterocycles. The number of halogens is 1. The van der Waals surface area contributed by atoms with Gasteiger partial charge in [-0.1, -0.05) is 13.0 Å². The smallest absolute Gasteiger partial charge is 0.354 e. The third-order valence-corrected chi connectivity index (χ3v) is 1.61. The molecule has 1 N–H and O–H groups in total. The molecular formula is C10H16ClNO3. The molecule has 0 unspecified atom stereocenters. The standard InChI is InChI=1S/C10H16ClNO3/c1-4-5-8(12-9(13)6-11)10(14)15-7(2)3/h5,7H,4,6H2,1-3H3,(H,12,13). The molecule has 0 atom stereocenters. The number of hydrogen-bond donors (Lipinski definition) is 1. The van der Waals surface area contributed by atoms with Crippen LogP contribution >= 0.6 is 11.6 Å². The van der Waals surface area contributed by atoms with Crippen LogP contribution in [-0.4, -0.2) is 23.9 Å². The van der Waals surface area contributed by atoms with Crippen molar-refractivity contribution in [3.05, 3.63) is 11.8 Å². The Morgan fingerprint density at radius 2 is 2.07 bits per heavy atom. The van der Waals surface area contributed by atoms with Crippen molar-refractivity contribution < 1.29 is 14.3 Å². The summed E-state index contributed by atoms with van der Waals surface area (Å²) < 4.78 is 4.95. The van der Waals surface area contributed by atoms with Crippen LogP contribution in [0, 0.1) is 0 Å². The van der Waals surface area contributed by atoms with Crippen LogP contribution in [0.1, 0.15) is 27.2 Å². The molecule has 0 aliphatic heterocycles. The SMILES string of the molecule is CCC=C(NC(=O)CCl)C(=O)OC(C)C. The number of esters is 1. The first-order valence-corrected chi connectivity index (χ1v) is 5.31. The quantitative estimate of drug-likeness (QED) is 0.446. The van der Waals surface area contributed by atoms with Gasteiger partial charge in [-0.3, -0.25) is 4.79 Å². The van der Waals surface area contributed by atoms with Crippen molar-refractivity contribution in [2.24, 2.45) is 0 Å². The number of carbonyl (C=O) groups excluding carboxylic acids is 2. The average Bonchev–Trinajstić information content (AvgIpc) is 2.15. The molecule has 0 bridgehead atoms. The third kappa shape index (κ3) is 6.12. The van der Waals surface area contributed by atoms with Crippen molar-refractivity contribution in [3.8, 4) is 0 Å². The Labute approximate surface area is 94.6 Å². The van der Waals surface area contributed by atoms with Gasteiger partial charge in [0.05, 0.1) is 6.10 Å². The summed E-state index contributed by atoms with van der Waals surface area (Å²) in [4.78, 5) is 22.4. The van der Waals surface area contributed by atoms with E-state index in [4.69, 9.17) is 16.3 Å². The highest BCUT2D eigenvalue weighted by Gasteiger charge is 2.14. The highest BCUT2D eigenvalue weighted by molar-refractivity contribution is 6.27. The maximum Gasteiger partial charge on any atom is 0.354 e. The monoisotopic (exact) mass is 233 g/mol. The van der Waals surface area contributed by atoms with Gasteiger partial charge in [-0.25, -0.2) is 4.79 Å². The molecule has 0 aliphatic rings. The second-order valence-corrected chi connectivity index (χ2v) is 3.43. The lowest BCUT2D eigenvalue weighted by Gasteiger charge is -2.11. The first-order valence-electron chi connectivity index (χ1n) is 4.78. The molecule has 0 fully saturated rings. The molecule has 0 spiro atoms. The highest BCUT2D eigenvalue weighted by atomic mass is 35.5. The lowest BCUT2D eigenvalue weighted by molar-refractivity contribution is -0.143. The van der Waals surface area contributed by atoms with Gasteiger partial charge in [0, 0.05) is 0 Å². The van der Waals surface area contributed by atoms with Crippen LogP contribution < -0.4 is 5.32 Å². The molecule has 0 saturated carbocycles. The minimum atomic E-state index is -0.537. The van der Waals surface area contributed by atoms with E-state index in [1.807, 2.05) is 6.92 Å². The lowest BCUT2D eigenvalue weighted by Crippen LogP contribution is -2.30. The molecule has 0 rings (SSSR count). The van der Waals surface area contributed by atoms with Crippen LogP contribution in [0.3, 0.4) is 0 Å². The summed E-state index contributed by atoms with van der Waals surface area (Å²) in [5.74, 6) is -1.14. The van der Waals surface area contributed by atoms with Gasteiger partial charge in [0.1, 0.15) is 11.6 Å². The topological polar surface area (TPSA) is 55.4 Å². The predicted octanol–water partition coefficient (Wildman–Crippen LogP) is 1.59. The minimum absolute atomic E-state index is 0.150. The molecule has 0 radical (unpaired) electrons. The van der Waals surface area contributed by atoms with Gasteiger partial charge in [-0.2, -0.15) is 0 Å². The van der Waals surface area contributed by atoms with Gasteiger partial charge in [0.15, 0.2) is 0 Å². The Morgan fingerprint density at radius 3 is 2.47 bits per heavy atom. The Balaban J connectivity index is 4.46. The van der Waals surface area contributed by atoms with Crippen LogP contribution in [0.4, 0.5) is 0 Å². The Morgan fingerprint density at radius 1 is 1.47 bits per heavy atom. The lowest BCUT2D eigenvalue weighted by atomic mass is 10.3. The molecule has 4 nitrogen and oxygen atoms in total. The third-order valence-electron chi connectivity index (χ3n) is 1.37. The molecule has 0 aromatic rings. The van der Waals surface area contributed by atoms with Crippen LogP contribution in [-0.2, 0) is 14.3 Å². The van der Waals surface area contributed by atoms with Crippen molar-refractivity contribution in [3.63, 3.8) is 0 Å². The van der Waals surface area contributed by atoms with E-state index in [-0.39, 0.29) is 17.7 Å². The zero-order valence-electron chi connectivity index (χ0n) is 9.17. The van der Waals surface area contributed by atoms with Crippen molar-refractivity contribution in [1.82, 2.24) is 5.32 Å². The van der Waals surface area contributed by atoms with Crippen LogP contribution in [0.25, 0.3) is 0 Å². The highest BCUT2D eigenvalue weighted by Crippen LogP contribution is 2.00. The van der Waals surface area contributed by atoms with E-state index in [2.05, 4.69) is 5.32 Å². The summed E-state index contributed by atoms with van der Waals surface area (Å²) in [5.41, 5.74) is 0.150. The Hall–Kier alpha value is -1.03. The Kier molecular flexibility index (Phi) is 6.79. The summed E-state index contributed by atoms with van der Waals surface area (Å²) in [6.45, 7) is 5.34. The average molecular weight is 234 g/mol. The molecule has 0 saturated heterocycles. The molecule has 15 heavy (non-hydrogen) atoms. The van der Waals surface area contributed by atoms with Gasteiger partial charge in [0.2, 0.25) is 5.91 Å². The summed E-state index contributed by atoms with van der Waals surface area (Å²) in [7, 11) is 0. The number of nitrogens with one attached hydrogen (secondary N) is 1. The summed E-state index contributed by atoms with van der Waals surface area (Å²) in [6.07, 6.45) is 2.01. The van der Waals surface area contributed by atoms with E-state index in [0.717, 1.165) is 0 Å². The predicted molar refractivity (Wildman–Crippen MR) is 58.5 cm³/mol. The summed E-state index contributed by atoms with van der Waals surface area (Å²) >= 11 is 5.32. The van der Waals surface area contributed by atoms with Crippen LogP contribution in [0.15, 0.2) is 11.8 Å². The number of allylic oxidation sites excluding steroid dienone is 1. The molecule has 5 heteroatoms. The van der Waals surface area contributed by atoms with E-state index in [1.54, 1.807) is 19.9 Å². The maximum atomic E-state index is 11.4. The number of carbonyl (C=O) groups is 2. The normalized spacial score (nSPS) is 11.4. The van der Waals surface area contributed by atoms with Gasteiger partial charge in [0.25, 0.3) is 0 Å². The molecule has 1 amide bonds.